The van der Waals surface area contributed by atoms with Gasteiger partial charge in [0.2, 0.25) is 0 Å². The van der Waals surface area contributed by atoms with Crippen molar-refractivity contribution in [3.63, 3.8) is 0 Å². The maximum atomic E-state index is 12.6. The maximum absolute atomic E-state index is 12.6. The highest BCUT2D eigenvalue weighted by molar-refractivity contribution is 5.36. The molecule has 0 spiro atoms. The van der Waals surface area contributed by atoms with E-state index in [1.165, 1.54) is 6.07 Å². The monoisotopic (exact) mass is 341 g/mol. The standard InChI is InChI=1S/C15H18F3N5O/c1-23-7-6-19-14(23)13(10-4-8-24-9-5-10)20-12-3-2-11(21-22-12)15(16,17)18/h2-3,6-7,10,13H,4-5,8-9H2,1H3,(H,20,22). The first kappa shape index (κ1) is 16.7. The molecule has 1 aliphatic heterocycles. The molecule has 0 aromatic carbocycles. The molecule has 24 heavy (non-hydrogen) atoms. The third-order valence-electron chi connectivity index (χ3n) is 4.13. The van der Waals surface area contributed by atoms with Crippen LogP contribution in [-0.4, -0.2) is 33.0 Å². The van der Waals surface area contributed by atoms with Crippen LogP contribution < -0.4 is 5.32 Å². The number of rotatable bonds is 4. The van der Waals surface area contributed by atoms with Crippen LogP contribution in [0.5, 0.6) is 0 Å². The Morgan fingerprint density at radius 3 is 2.54 bits per heavy atom. The summed E-state index contributed by atoms with van der Waals surface area (Å²) in [5.74, 6) is 1.36. The zero-order valence-electron chi connectivity index (χ0n) is 13.1. The van der Waals surface area contributed by atoms with Crippen molar-refractivity contribution in [2.24, 2.45) is 13.0 Å². The van der Waals surface area contributed by atoms with Gasteiger partial charge in [-0.25, -0.2) is 4.98 Å². The molecule has 0 saturated carbocycles. The predicted octanol–water partition coefficient (Wildman–Crippen LogP) is 2.81. The number of hydrogen-bond donors (Lipinski definition) is 1. The summed E-state index contributed by atoms with van der Waals surface area (Å²) in [6.45, 7) is 1.32. The van der Waals surface area contributed by atoms with Crippen LogP contribution in [0, 0.1) is 5.92 Å². The van der Waals surface area contributed by atoms with Gasteiger partial charge in [0.15, 0.2) is 5.69 Å². The molecule has 0 bridgehead atoms. The first-order chi connectivity index (χ1) is 11.4. The fourth-order valence-corrected chi connectivity index (χ4v) is 2.84. The van der Waals surface area contributed by atoms with Gasteiger partial charge in [-0.1, -0.05) is 0 Å². The van der Waals surface area contributed by atoms with E-state index in [9.17, 15) is 13.2 Å². The fraction of sp³-hybridized carbons (Fsp3) is 0.533. The number of halogens is 3. The normalized spacial score (nSPS) is 17.7. The van der Waals surface area contributed by atoms with Crippen molar-refractivity contribution in [1.29, 1.82) is 0 Å². The molecular formula is C15H18F3N5O. The van der Waals surface area contributed by atoms with E-state index in [1.807, 2.05) is 17.8 Å². The molecule has 2 aromatic heterocycles. The number of anilines is 1. The zero-order valence-corrected chi connectivity index (χ0v) is 13.1. The van der Waals surface area contributed by atoms with E-state index in [0.717, 1.165) is 24.7 Å². The van der Waals surface area contributed by atoms with Crippen LogP contribution in [0.3, 0.4) is 0 Å². The SMILES string of the molecule is Cn1ccnc1C(Nc1ccc(C(F)(F)F)nn1)C1CCOCC1. The second-order valence-electron chi connectivity index (χ2n) is 5.77. The van der Waals surface area contributed by atoms with E-state index in [1.54, 1.807) is 6.20 Å². The Hall–Kier alpha value is -2.16. The van der Waals surface area contributed by atoms with Gasteiger partial charge < -0.3 is 14.6 Å². The van der Waals surface area contributed by atoms with Crippen LogP contribution in [0.25, 0.3) is 0 Å². The number of nitrogens with zero attached hydrogens (tertiary/aromatic N) is 4. The minimum Gasteiger partial charge on any atom is -0.381 e. The molecule has 0 amide bonds. The summed E-state index contributed by atoms with van der Waals surface area (Å²) in [7, 11) is 1.88. The van der Waals surface area contributed by atoms with Crippen molar-refractivity contribution in [2.45, 2.75) is 25.1 Å². The Bertz CT molecular complexity index is 664. The molecule has 1 unspecified atom stereocenters. The lowest BCUT2D eigenvalue weighted by Gasteiger charge is -2.30. The molecule has 3 rings (SSSR count). The lowest BCUT2D eigenvalue weighted by molar-refractivity contribution is -0.141. The number of ether oxygens (including phenoxy) is 1. The van der Waals surface area contributed by atoms with Gasteiger partial charge in [-0.2, -0.15) is 13.2 Å². The van der Waals surface area contributed by atoms with Crippen molar-refractivity contribution >= 4 is 5.82 Å². The van der Waals surface area contributed by atoms with Crippen molar-refractivity contribution in [2.75, 3.05) is 18.5 Å². The summed E-state index contributed by atoms with van der Waals surface area (Å²) in [6.07, 6.45) is 0.728. The van der Waals surface area contributed by atoms with E-state index in [0.29, 0.717) is 19.0 Å². The van der Waals surface area contributed by atoms with Gasteiger partial charge >= 0.3 is 6.18 Å². The number of aromatic nitrogens is 4. The molecular weight excluding hydrogens is 323 g/mol. The van der Waals surface area contributed by atoms with E-state index >= 15 is 0 Å². The highest BCUT2D eigenvalue weighted by atomic mass is 19.4. The molecule has 130 valence electrons. The van der Waals surface area contributed by atoms with Gasteiger partial charge in [-0.05, 0) is 30.9 Å². The van der Waals surface area contributed by atoms with Gasteiger partial charge in [-0.3, -0.25) is 0 Å². The van der Waals surface area contributed by atoms with E-state index in [4.69, 9.17) is 4.74 Å². The third kappa shape index (κ3) is 3.66. The van der Waals surface area contributed by atoms with E-state index in [-0.39, 0.29) is 12.0 Å². The number of aryl methyl sites for hydroxylation is 1. The van der Waals surface area contributed by atoms with Gasteiger partial charge in [-0.15, -0.1) is 10.2 Å². The molecule has 0 radical (unpaired) electrons. The molecule has 0 aliphatic carbocycles. The van der Waals surface area contributed by atoms with Gasteiger partial charge in [0.25, 0.3) is 0 Å². The predicted molar refractivity (Wildman–Crippen MR) is 80.1 cm³/mol. The second-order valence-corrected chi connectivity index (χ2v) is 5.77. The van der Waals surface area contributed by atoms with Gasteiger partial charge in [0.05, 0.1) is 6.04 Å². The average Bonchev–Trinajstić information content (AvgIpc) is 2.99. The highest BCUT2D eigenvalue weighted by Crippen LogP contribution is 2.32. The highest BCUT2D eigenvalue weighted by Gasteiger charge is 2.33. The summed E-state index contributed by atoms with van der Waals surface area (Å²) in [5.41, 5.74) is -1.01. The van der Waals surface area contributed by atoms with Crippen molar-refractivity contribution in [1.82, 2.24) is 19.7 Å². The Morgan fingerprint density at radius 1 is 1.25 bits per heavy atom. The average molecular weight is 341 g/mol. The molecule has 1 fully saturated rings. The Kier molecular flexibility index (Phi) is 4.70. The minimum atomic E-state index is -4.49. The zero-order chi connectivity index (χ0) is 17.2. The first-order valence-electron chi connectivity index (χ1n) is 7.67. The van der Waals surface area contributed by atoms with Crippen LogP contribution in [0.4, 0.5) is 19.0 Å². The van der Waals surface area contributed by atoms with Crippen LogP contribution in [0.2, 0.25) is 0 Å². The fourth-order valence-electron chi connectivity index (χ4n) is 2.84. The van der Waals surface area contributed by atoms with Crippen molar-refractivity contribution in [3.8, 4) is 0 Å². The molecule has 1 atom stereocenters. The Morgan fingerprint density at radius 2 is 2.00 bits per heavy atom. The van der Waals surface area contributed by atoms with Gasteiger partial charge in [0, 0.05) is 32.7 Å². The molecule has 9 heteroatoms. The number of imidazole rings is 1. The minimum absolute atomic E-state index is 0.167. The quantitative estimate of drug-likeness (QED) is 0.926. The number of hydrogen-bond acceptors (Lipinski definition) is 5. The number of alkyl halides is 3. The molecule has 1 N–H and O–H groups in total. The summed E-state index contributed by atoms with van der Waals surface area (Å²) in [5, 5.41) is 10.1. The van der Waals surface area contributed by atoms with Crippen LogP contribution in [-0.2, 0) is 18.0 Å². The number of nitrogens with one attached hydrogen (secondary N) is 1. The molecule has 1 saturated heterocycles. The summed E-state index contributed by atoms with van der Waals surface area (Å²) >= 11 is 0. The molecule has 2 aromatic rings. The summed E-state index contributed by atoms with van der Waals surface area (Å²) in [6, 6.07) is 2.06. The van der Waals surface area contributed by atoms with Crippen molar-refractivity contribution in [3.05, 3.63) is 36.0 Å². The van der Waals surface area contributed by atoms with Gasteiger partial charge in [0.1, 0.15) is 11.6 Å². The van der Waals surface area contributed by atoms with Crippen LogP contribution >= 0.6 is 0 Å². The van der Waals surface area contributed by atoms with Crippen molar-refractivity contribution < 1.29 is 17.9 Å². The smallest absolute Gasteiger partial charge is 0.381 e. The lowest BCUT2D eigenvalue weighted by Crippen LogP contribution is -2.29. The lowest BCUT2D eigenvalue weighted by atomic mass is 9.91. The topological polar surface area (TPSA) is 64.9 Å². The summed E-state index contributed by atoms with van der Waals surface area (Å²) in [4.78, 5) is 4.38. The molecule has 1 aliphatic rings. The van der Waals surface area contributed by atoms with Crippen LogP contribution in [0.1, 0.15) is 30.4 Å². The third-order valence-corrected chi connectivity index (χ3v) is 4.13. The Balaban J connectivity index is 1.82. The van der Waals surface area contributed by atoms with E-state index < -0.39 is 11.9 Å². The Labute approximate surface area is 137 Å². The largest absolute Gasteiger partial charge is 0.435 e. The second kappa shape index (κ2) is 6.76. The van der Waals surface area contributed by atoms with E-state index in [2.05, 4.69) is 20.5 Å². The first-order valence-corrected chi connectivity index (χ1v) is 7.67. The van der Waals surface area contributed by atoms with Crippen LogP contribution in [0.15, 0.2) is 24.5 Å². The maximum Gasteiger partial charge on any atom is 0.435 e. The molecule has 6 nitrogen and oxygen atoms in total. The molecule has 3 heterocycles. The summed E-state index contributed by atoms with van der Waals surface area (Å²) < 4.78 is 45.1.